The highest BCUT2D eigenvalue weighted by molar-refractivity contribution is 5.82. The molecule has 3 rings (SSSR count). The van der Waals surface area contributed by atoms with Crippen LogP contribution in [0.25, 0.3) is 0 Å². The Morgan fingerprint density at radius 1 is 0.815 bits per heavy atom. The van der Waals surface area contributed by atoms with Gasteiger partial charge in [-0.2, -0.15) is 0 Å². The highest BCUT2D eigenvalue weighted by Gasteiger charge is 2.14. The van der Waals surface area contributed by atoms with Gasteiger partial charge in [-0.25, -0.2) is 0 Å². The number of amides is 1. The van der Waals surface area contributed by atoms with E-state index in [1.54, 1.807) is 25.3 Å². The highest BCUT2D eigenvalue weighted by Crippen LogP contribution is 2.28. The van der Waals surface area contributed by atoms with E-state index >= 15 is 0 Å². The summed E-state index contributed by atoms with van der Waals surface area (Å²) in [5, 5.41) is 1.78. The average molecular weight is 362 g/mol. The van der Waals surface area contributed by atoms with Gasteiger partial charge in [0.2, 0.25) is 5.91 Å². The Bertz CT molecular complexity index is 843. The van der Waals surface area contributed by atoms with Gasteiger partial charge in [0.25, 0.3) is 0 Å². The van der Waals surface area contributed by atoms with Gasteiger partial charge in [0.15, 0.2) is 11.5 Å². The molecule has 0 unspecified atom stereocenters. The maximum Gasteiger partial charge on any atom is 0.243 e. The summed E-state index contributed by atoms with van der Waals surface area (Å²) in [5.41, 5.74) is 5.58. The number of benzene rings is 3. The second-order valence-corrected chi connectivity index (χ2v) is 5.91. The molecule has 0 atom stereocenters. The van der Waals surface area contributed by atoms with E-state index < -0.39 is 0 Å². The lowest BCUT2D eigenvalue weighted by Crippen LogP contribution is -2.39. The summed E-state index contributed by atoms with van der Waals surface area (Å²) in [6.07, 6.45) is 0.219. The first kappa shape index (κ1) is 18.3. The van der Waals surface area contributed by atoms with Gasteiger partial charge >= 0.3 is 0 Å². The van der Waals surface area contributed by atoms with E-state index in [-0.39, 0.29) is 12.3 Å². The van der Waals surface area contributed by atoms with E-state index in [0.29, 0.717) is 11.5 Å². The van der Waals surface area contributed by atoms with Crippen molar-refractivity contribution < 1.29 is 14.3 Å². The molecule has 0 aliphatic heterocycles. The Hall–Kier alpha value is -3.47. The number of carbonyl (C=O) groups excluding carboxylic acids is 1. The average Bonchev–Trinajstić information content (AvgIpc) is 2.73. The molecule has 0 fully saturated rings. The third-order valence-corrected chi connectivity index (χ3v) is 4.08. The molecule has 27 heavy (non-hydrogen) atoms. The molecule has 0 radical (unpaired) electrons. The molecule has 138 valence electrons. The first-order valence-electron chi connectivity index (χ1n) is 8.62. The van der Waals surface area contributed by atoms with Gasteiger partial charge in [-0.05, 0) is 42.0 Å². The summed E-state index contributed by atoms with van der Waals surface area (Å²) in [6, 6.07) is 24.9. The number of rotatable bonds is 7. The van der Waals surface area contributed by atoms with Crippen LogP contribution in [0.2, 0.25) is 0 Å². The first-order chi connectivity index (χ1) is 13.2. The van der Waals surface area contributed by atoms with Gasteiger partial charge in [-0.3, -0.25) is 15.2 Å². The summed E-state index contributed by atoms with van der Waals surface area (Å²) < 4.78 is 10.6. The zero-order valence-corrected chi connectivity index (χ0v) is 15.4. The van der Waals surface area contributed by atoms with Crippen molar-refractivity contribution in [1.29, 1.82) is 0 Å². The second kappa shape index (κ2) is 8.76. The lowest BCUT2D eigenvalue weighted by molar-refractivity contribution is -0.120. The quantitative estimate of drug-likeness (QED) is 0.643. The second-order valence-electron chi connectivity index (χ2n) is 5.91. The molecule has 5 nitrogen and oxygen atoms in total. The minimum Gasteiger partial charge on any atom is -0.493 e. The Balaban J connectivity index is 1.79. The number of nitrogens with zero attached hydrogens (tertiary/aromatic N) is 1. The fourth-order valence-electron chi connectivity index (χ4n) is 2.77. The fraction of sp³-hybridized carbons (Fsp3) is 0.136. The van der Waals surface area contributed by atoms with Crippen molar-refractivity contribution in [2.75, 3.05) is 19.2 Å². The van der Waals surface area contributed by atoms with Crippen LogP contribution in [0.15, 0.2) is 78.9 Å². The first-order valence-corrected chi connectivity index (χ1v) is 8.62. The predicted molar refractivity (Wildman–Crippen MR) is 106 cm³/mol. The van der Waals surface area contributed by atoms with E-state index in [4.69, 9.17) is 9.47 Å². The molecule has 0 spiro atoms. The van der Waals surface area contributed by atoms with Gasteiger partial charge in [-0.1, -0.05) is 42.5 Å². The molecule has 3 aromatic rings. The van der Waals surface area contributed by atoms with Crippen molar-refractivity contribution in [1.82, 2.24) is 5.43 Å². The normalized spacial score (nSPS) is 10.1. The maximum atomic E-state index is 12.7. The van der Waals surface area contributed by atoms with Crippen molar-refractivity contribution in [2.45, 2.75) is 6.42 Å². The standard InChI is InChI=1S/C22H22N2O3/c1-26-20-14-13-17(15-21(20)27-2)16-22(25)23-24(18-9-5-3-6-10-18)19-11-7-4-8-12-19/h3-15H,16H2,1-2H3,(H,23,25). The molecule has 0 aromatic heterocycles. The van der Waals surface area contributed by atoms with E-state index in [0.717, 1.165) is 16.9 Å². The minimum absolute atomic E-state index is 0.130. The molecule has 0 heterocycles. The summed E-state index contributed by atoms with van der Waals surface area (Å²) in [7, 11) is 3.16. The predicted octanol–water partition coefficient (Wildman–Crippen LogP) is 4.12. The van der Waals surface area contributed by atoms with E-state index in [2.05, 4.69) is 5.43 Å². The third kappa shape index (κ3) is 4.58. The Kier molecular flexibility index (Phi) is 5.94. The number of hydrazine groups is 1. The van der Waals surface area contributed by atoms with E-state index in [1.165, 1.54) is 0 Å². The van der Waals surface area contributed by atoms with Gasteiger partial charge < -0.3 is 9.47 Å². The lowest BCUT2D eigenvalue weighted by atomic mass is 10.1. The van der Waals surface area contributed by atoms with Crippen LogP contribution in [0.3, 0.4) is 0 Å². The molecule has 1 amide bonds. The van der Waals surface area contributed by atoms with Gasteiger partial charge in [0.05, 0.1) is 32.0 Å². The lowest BCUT2D eigenvalue weighted by Gasteiger charge is -2.25. The van der Waals surface area contributed by atoms with Gasteiger partial charge in [0, 0.05) is 0 Å². The zero-order valence-electron chi connectivity index (χ0n) is 15.4. The van der Waals surface area contributed by atoms with Crippen LogP contribution in [-0.4, -0.2) is 20.1 Å². The molecule has 0 aliphatic carbocycles. The van der Waals surface area contributed by atoms with E-state index in [9.17, 15) is 4.79 Å². The van der Waals surface area contributed by atoms with Crippen molar-refractivity contribution in [3.05, 3.63) is 84.4 Å². The van der Waals surface area contributed by atoms with Gasteiger partial charge in [0.1, 0.15) is 0 Å². The number of hydrogen-bond acceptors (Lipinski definition) is 4. The van der Waals surface area contributed by atoms with Crippen molar-refractivity contribution in [2.24, 2.45) is 0 Å². The van der Waals surface area contributed by atoms with Crippen LogP contribution in [0, 0.1) is 0 Å². The minimum atomic E-state index is -0.130. The van der Waals surface area contributed by atoms with Crippen LogP contribution in [-0.2, 0) is 11.2 Å². The van der Waals surface area contributed by atoms with Crippen LogP contribution < -0.4 is 19.9 Å². The van der Waals surface area contributed by atoms with Crippen LogP contribution >= 0.6 is 0 Å². The molecule has 0 aliphatic rings. The van der Waals surface area contributed by atoms with Crippen LogP contribution in [0.4, 0.5) is 11.4 Å². The number of hydrogen-bond donors (Lipinski definition) is 1. The summed E-state index contributed by atoms with van der Waals surface area (Å²) in [5.74, 6) is 1.11. The Labute approximate surface area is 159 Å². The van der Waals surface area contributed by atoms with E-state index in [1.807, 2.05) is 72.8 Å². The number of anilines is 2. The van der Waals surface area contributed by atoms with Crippen LogP contribution in [0.1, 0.15) is 5.56 Å². The highest BCUT2D eigenvalue weighted by atomic mass is 16.5. The van der Waals surface area contributed by atoms with Crippen LogP contribution in [0.5, 0.6) is 11.5 Å². The molecule has 3 aromatic carbocycles. The van der Waals surface area contributed by atoms with Crippen molar-refractivity contribution >= 4 is 17.3 Å². The molecular weight excluding hydrogens is 340 g/mol. The fourth-order valence-corrected chi connectivity index (χ4v) is 2.77. The molecular formula is C22H22N2O3. The third-order valence-electron chi connectivity index (χ3n) is 4.08. The SMILES string of the molecule is COc1ccc(CC(=O)NN(c2ccccc2)c2ccccc2)cc1OC. The molecule has 0 bridgehead atoms. The maximum absolute atomic E-state index is 12.7. The Morgan fingerprint density at radius 2 is 1.37 bits per heavy atom. The van der Waals surface area contributed by atoms with Gasteiger partial charge in [-0.15, -0.1) is 0 Å². The molecule has 0 saturated heterocycles. The number of nitrogens with one attached hydrogen (secondary N) is 1. The topological polar surface area (TPSA) is 50.8 Å². The van der Waals surface area contributed by atoms with Crippen molar-refractivity contribution in [3.63, 3.8) is 0 Å². The zero-order chi connectivity index (χ0) is 19.1. The number of methoxy groups -OCH3 is 2. The largest absolute Gasteiger partial charge is 0.493 e. The molecule has 5 heteroatoms. The number of para-hydroxylation sites is 2. The summed E-state index contributed by atoms with van der Waals surface area (Å²) in [4.78, 5) is 12.7. The number of ether oxygens (including phenoxy) is 2. The molecule has 0 saturated carbocycles. The monoisotopic (exact) mass is 362 g/mol. The smallest absolute Gasteiger partial charge is 0.243 e. The summed E-state index contributed by atoms with van der Waals surface area (Å²) >= 11 is 0. The number of carbonyl (C=O) groups is 1. The summed E-state index contributed by atoms with van der Waals surface area (Å²) in [6.45, 7) is 0. The Morgan fingerprint density at radius 3 is 1.89 bits per heavy atom. The molecule has 1 N–H and O–H groups in total. The van der Waals surface area contributed by atoms with Crippen molar-refractivity contribution in [3.8, 4) is 11.5 Å².